The van der Waals surface area contributed by atoms with E-state index in [0.29, 0.717) is 32.1 Å². The zero-order valence-electron chi connectivity index (χ0n) is 63.4. The van der Waals surface area contributed by atoms with Crippen molar-refractivity contribution < 1.29 is 80.2 Å². The standard InChI is InChI=1S/C81H144O17P2/c1-5-9-13-17-21-25-29-33-36-37-40-42-46-50-54-58-62-66-79(84)92-72-77(98-81(86)68-64-60-56-52-48-44-39-35-31-27-23-19-15-11-7-3)74-96-100(89,90)94-70-75(82)69-93-99(87,88)95-73-76(71-91-78(83)65-61-57-53-49-45-41-32-28-24-20-16-12-8-4)97-80(85)67-63-59-55-51-47-43-38-34-30-26-22-18-14-10-6-2/h21,25,27,31,33-36,38-40,42,50,54,75-77,82H,5-20,22-24,26,28-30,32,37,41,43-49,51-53,55-74H2,1-4H3,(H,87,88)(H,89,90)/b25-21-,31-27-,36-33-,38-34-,39-35-,42-40-,54-50-/t75-,76-,77-/m1/s1. The number of rotatable bonds is 75. The highest BCUT2D eigenvalue weighted by atomic mass is 31.2. The van der Waals surface area contributed by atoms with Crippen molar-refractivity contribution in [2.75, 3.05) is 39.6 Å². The summed E-state index contributed by atoms with van der Waals surface area (Å²) in [4.78, 5) is 72.9. The van der Waals surface area contributed by atoms with Crippen LogP contribution in [-0.2, 0) is 65.4 Å². The molecule has 5 atom stereocenters. The molecule has 0 aliphatic carbocycles. The van der Waals surface area contributed by atoms with Gasteiger partial charge in [0.15, 0.2) is 12.2 Å². The van der Waals surface area contributed by atoms with Gasteiger partial charge in [0, 0.05) is 25.7 Å². The van der Waals surface area contributed by atoms with E-state index in [1.165, 1.54) is 141 Å². The summed E-state index contributed by atoms with van der Waals surface area (Å²) in [6.45, 7) is 4.78. The van der Waals surface area contributed by atoms with Gasteiger partial charge in [0.25, 0.3) is 0 Å². The number of ether oxygens (including phenoxy) is 4. The van der Waals surface area contributed by atoms with Crippen LogP contribution in [0.2, 0.25) is 0 Å². The minimum atomic E-state index is -4.99. The Morgan fingerprint density at radius 1 is 0.290 bits per heavy atom. The molecule has 0 rings (SSSR count). The van der Waals surface area contributed by atoms with Gasteiger partial charge in [-0.15, -0.1) is 0 Å². The number of aliphatic hydroxyl groups excluding tert-OH is 1. The van der Waals surface area contributed by atoms with Crippen molar-refractivity contribution in [3.63, 3.8) is 0 Å². The Hall–Kier alpha value is -3.76. The normalized spacial score (nSPS) is 14.3. The second-order valence-electron chi connectivity index (χ2n) is 26.7. The fraction of sp³-hybridized carbons (Fsp3) is 0.778. The maximum atomic E-state index is 13.1. The molecular formula is C81H144O17P2. The molecule has 2 unspecified atom stereocenters. The number of hydrogen-bond acceptors (Lipinski definition) is 15. The lowest BCUT2D eigenvalue weighted by Gasteiger charge is -2.21. The summed E-state index contributed by atoms with van der Waals surface area (Å²) < 4.78 is 68.5. The molecule has 19 heteroatoms. The first kappa shape index (κ1) is 96.2. The van der Waals surface area contributed by atoms with Crippen LogP contribution in [-0.4, -0.2) is 96.7 Å². The number of aliphatic hydroxyl groups is 1. The van der Waals surface area contributed by atoms with Gasteiger partial charge < -0.3 is 33.8 Å². The fourth-order valence-electron chi connectivity index (χ4n) is 10.7. The van der Waals surface area contributed by atoms with E-state index in [9.17, 15) is 43.2 Å². The van der Waals surface area contributed by atoms with Gasteiger partial charge in [-0.2, -0.15) is 0 Å². The molecule has 0 saturated carbocycles. The summed E-state index contributed by atoms with van der Waals surface area (Å²) in [5.41, 5.74) is 0. The highest BCUT2D eigenvalue weighted by molar-refractivity contribution is 7.47. The third-order valence-electron chi connectivity index (χ3n) is 16.9. The quantitative estimate of drug-likeness (QED) is 0.0128. The van der Waals surface area contributed by atoms with Crippen LogP contribution in [0, 0.1) is 0 Å². The molecular weight excluding hydrogens is 1310 g/mol. The molecule has 3 N–H and O–H groups in total. The highest BCUT2D eigenvalue weighted by Crippen LogP contribution is 2.45. The first-order chi connectivity index (χ1) is 48.7. The number of allylic oxidation sites excluding steroid dienone is 14. The van der Waals surface area contributed by atoms with Crippen LogP contribution in [0.1, 0.15) is 349 Å². The molecule has 0 aliphatic rings. The molecule has 0 aromatic carbocycles. The topological polar surface area (TPSA) is 237 Å². The van der Waals surface area contributed by atoms with Gasteiger partial charge in [0.1, 0.15) is 19.3 Å². The Bertz CT molecular complexity index is 2230. The van der Waals surface area contributed by atoms with Gasteiger partial charge in [0.2, 0.25) is 0 Å². The Kier molecular flexibility index (Phi) is 70.8. The first-order valence-electron chi connectivity index (χ1n) is 39.8. The summed E-state index contributed by atoms with van der Waals surface area (Å²) >= 11 is 0. The zero-order valence-corrected chi connectivity index (χ0v) is 65.2. The van der Waals surface area contributed by atoms with E-state index in [2.05, 4.69) is 101 Å². The molecule has 0 saturated heterocycles. The van der Waals surface area contributed by atoms with Crippen molar-refractivity contribution in [1.29, 1.82) is 0 Å². The van der Waals surface area contributed by atoms with Gasteiger partial charge in [-0.25, -0.2) is 9.13 Å². The molecule has 0 aliphatic heterocycles. The summed E-state index contributed by atoms with van der Waals surface area (Å²) in [6, 6.07) is 0. The van der Waals surface area contributed by atoms with Crippen LogP contribution < -0.4 is 0 Å². The molecule has 580 valence electrons. The number of phosphoric ester groups is 2. The van der Waals surface area contributed by atoms with Gasteiger partial charge >= 0.3 is 39.5 Å². The predicted octanol–water partition coefficient (Wildman–Crippen LogP) is 23.0. The fourth-order valence-corrected chi connectivity index (χ4v) is 12.3. The summed E-state index contributed by atoms with van der Waals surface area (Å²) in [5.74, 6) is -2.24. The molecule has 0 amide bonds. The third kappa shape index (κ3) is 72.6. The monoisotopic (exact) mass is 1450 g/mol. The second kappa shape index (κ2) is 73.5. The Morgan fingerprint density at radius 3 is 0.890 bits per heavy atom. The van der Waals surface area contributed by atoms with Crippen molar-refractivity contribution in [3.8, 4) is 0 Å². The summed E-state index contributed by atoms with van der Waals surface area (Å²) in [6.07, 6.45) is 75.7. The van der Waals surface area contributed by atoms with Crippen LogP contribution in [0.4, 0.5) is 0 Å². The Morgan fingerprint density at radius 2 is 0.530 bits per heavy atom. The second-order valence-corrected chi connectivity index (χ2v) is 29.6. The maximum Gasteiger partial charge on any atom is 0.472 e. The SMILES string of the molecule is CCCCC/C=C\C/C=C\C/C=C\C/C=C\CCCC(=O)OC[C@H](COP(=O)(O)OC[C@H](O)COP(=O)(O)OC[C@@H](COC(=O)CCCCCCCCCCCCCCC)OC(=O)CCCCCCC/C=C\CCCCCCCC)OC(=O)CCCCCCC/C=C\C=C/CCCCCC. The molecule has 100 heavy (non-hydrogen) atoms. The van der Waals surface area contributed by atoms with Crippen molar-refractivity contribution in [1.82, 2.24) is 0 Å². The van der Waals surface area contributed by atoms with Crippen LogP contribution >= 0.6 is 15.6 Å². The third-order valence-corrected chi connectivity index (χ3v) is 18.8. The molecule has 0 spiro atoms. The van der Waals surface area contributed by atoms with E-state index >= 15 is 0 Å². The van der Waals surface area contributed by atoms with E-state index in [1.54, 1.807) is 0 Å². The maximum absolute atomic E-state index is 13.1. The van der Waals surface area contributed by atoms with E-state index in [-0.39, 0.29) is 25.7 Å². The Balaban J connectivity index is 5.40. The average Bonchev–Trinajstić information content (AvgIpc) is 0.945. The Labute approximate surface area is 608 Å². The minimum absolute atomic E-state index is 0.0668. The van der Waals surface area contributed by atoms with Gasteiger partial charge in [-0.05, 0) is 116 Å². The molecule has 0 fully saturated rings. The van der Waals surface area contributed by atoms with Crippen molar-refractivity contribution in [3.05, 3.63) is 85.1 Å². The van der Waals surface area contributed by atoms with Crippen LogP contribution in [0.25, 0.3) is 0 Å². The molecule has 0 aromatic rings. The van der Waals surface area contributed by atoms with E-state index < -0.39 is 97.5 Å². The van der Waals surface area contributed by atoms with E-state index in [1.807, 2.05) is 12.2 Å². The largest absolute Gasteiger partial charge is 0.472 e. The molecule has 0 radical (unpaired) electrons. The molecule has 17 nitrogen and oxygen atoms in total. The lowest BCUT2D eigenvalue weighted by atomic mass is 10.0. The van der Waals surface area contributed by atoms with E-state index in [4.69, 9.17) is 37.0 Å². The van der Waals surface area contributed by atoms with Crippen LogP contribution in [0.3, 0.4) is 0 Å². The van der Waals surface area contributed by atoms with Gasteiger partial charge in [0.05, 0.1) is 26.4 Å². The predicted molar refractivity (Wildman–Crippen MR) is 409 cm³/mol. The number of carbonyl (C=O) groups excluding carboxylic acids is 4. The molecule has 0 aromatic heterocycles. The highest BCUT2D eigenvalue weighted by Gasteiger charge is 2.30. The van der Waals surface area contributed by atoms with E-state index in [0.717, 1.165) is 122 Å². The van der Waals surface area contributed by atoms with Crippen LogP contribution in [0.15, 0.2) is 85.1 Å². The molecule has 0 heterocycles. The number of phosphoric acid groups is 2. The van der Waals surface area contributed by atoms with Crippen molar-refractivity contribution >= 4 is 39.5 Å². The van der Waals surface area contributed by atoms with Crippen LogP contribution in [0.5, 0.6) is 0 Å². The summed E-state index contributed by atoms with van der Waals surface area (Å²) in [5, 5.41) is 10.6. The average molecular weight is 1450 g/mol. The first-order valence-corrected chi connectivity index (χ1v) is 42.8. The van der Waals surface area contributed by atoms with Crippen molar-refractivity contribution in [2.24, 2.45) is 0 Å². The lowest BCUT2D eigenvalue weighted by Crippen LogP contribution is -2.30. The number of carbonyl (C=O) groups is 4. The summed E-state index contributed by atoms with van der Waals surface area (Å²) in [7, 11) is -9.97. The number of hydrogen-bond donors (Lipinski definition) is 3. The zero-order chi connectivity index (χ0) is 73.2. The van der Waals surface area contributed by atoms with Gasteiger partial charge in [-0.3, -0.25) is 37.3 Å². The van der Waals surface area contributed by atoms with Gasteiger partial charge in [-0.1, -0.05) is 293 Å². The number of esters is 4. The smallest absolute Gasteiger partial charge is 0.462 e. The van der Waals surface area contributed by atoms with Crippen molar-refractivity contribution in [2.45, 2.75) is 367 Å². The minimum Gasteiger partial charge on any atom is -0.462 e. The molecule has 0 bridgehead atoms. The lowest BCUT2D eigenvalue weighted by molar-refractivity contribution is -0.161. The number of unbranched alkanes of at least 4 members (excludes halogenated alkanes) is 36.